The van der Waals surface area contributed by atoms with Gasteiger partial charge in [0.25, 0.3) is 0 Å². The van der Waals surface area contributed by atoms with Crippen LogP contribution in [0.5, 0.6) is 0 Å². The molecule has 1 saturated heterocycles. The molecule has 2 fully saturated rings. The largest absolute Gasteiger partial charge is 0.378 e. The molecule has 2 aliphatic rings. The summed E-state index contributed by atoms with van der Waals surface area (Å²) >= 11 is 1.71. The van der Waals surface area contributed by atoms with Crippen molar-refractivity contribution in [1.29, 1.82) is 0 Å². The standard InChI is InChI=1S/C14H28N2O3S2/c1-5-19-11-8-14(15,13(11,2)3)10-16-6-7-20-9-12(16)21(4,17)18/h11-12H,5-10,15H2,1-4H3. The van der Waals surface area contributed by atoms with Crippen molar-refractivity contribution in [3.63, 3.8) is 0 Å². The van der Waals surface area contributed by atoms with Crippen LogP contribution in [0, 0.1) is 5.41 Å². The minimum atomic E-state index is -3.07. The Labute approximate surface area is 132 Å². The molecule has 0 aromatic carbocycles. The van der Waals surface area contributed by atoms with Crippen LogP contribution in [0.15, 0.2) is 0 Å². The van der Waals surface area contributed by atoms with Crippen molar-refractivity contribution in [2.24, 2.45) is 11.1 Å². The highest BCUT2D eigenvalue weighted by molar-refractivity contribution is 8.00. The van der Waals surface area contributed by atoms with Crippen molar-refractivity contribution in [3.05, 3.63) is 0 Å². The van der Waals surface area contributed by atoms with Gasteiger partial charge in [-0.05, 0) is 13.3 Å². The van der Waals surface area contributed by atoms with E-state index in [4.69, 9.17) is 10.5 Å². The van der Waals surface area contributed by atoms with Crippen LogP contribution in [0.3, 0.4) is 0 Å². The minimum absolute atomic E-state index is 0.129. The van der Waals surface area contributed by atoms with Gasteiger partial charge in [0, 0.05) is 48.4 Å². The number of rotatable bonds is 5. The number of nitrogens with two attached hydrogens (primary N) is 1. The van der Waals surface area contributed by atoms with Crippen LogP contribution in [0.2, 0.25) is 0 Å². The number of hydrogen-bond donors (Lipinski definition) is 1. The van der Waals surface area contributed by atoms with E-state index in [0.29, 0.717) is 18.9 Å². The Morgan fingerprint density at radius 3 is 2.62 bits per heavy atom. The summed E-state index contributed by atoms with van der Waals surface area (Å²) in [6, 6.07) is 0. The Hall–Kier alpha value is 0.180. The second-order valence-electron chi connectivity index (χ2n) is 6.86. The topological polar surface area (TPSA) is 72.6 Å². The van der Waals surface area contributed by atoms with E-state index in [-0.39, 0.29) is 17.1 Å². The molecule has 1 aliphatic heterocycles. The normalized spacial score (nSPS) is 37.2. The van der Waals surface area contributed by atoms with E-state index in [1.54, 1.807) is 11.8 Å². The molecule has 0 bridgehead atoms. The third kappa shape index (κ3) is 3.27. The molecule has 124 valence electrons. The molecule has 0 amide bonds. The lowest BCUT2D eigenvalue weighted by Crippen LogP contribution is -2.74. The zero-order valence-corrected chi connectivity index (χ0v) is 15.1. The van der Waals surface area contributed by atoms with E-state index in [1.165, 1.54) is 6.26 Å². The first kappa shape index (κ1) is 17.5. The van der Waals surface area contributed by atoms with E-state index >= 15 is 0 Å². The summed E-state index contributed by atoms with van der Waals surface area (Å²) in [4.78, 5) is 2.07. The molecule has 0 spiro atoms. The summed E-state index contributed by atoms with van der Waals surface area (Å²) in [6.07, 6.45) is 2.30. The molecule has 3 unspecified atom stereocenters. The predicted molar refractivity (Wildman–Crippen MR) is 88.3 cm³/mol. The summed E-state index contributed by atoms with van der Waals surface area (Å²) in [5.41, 5.74) is 6.11. The first-order valence-corrected chi connectivity index (χ1v) is 10.6. The quantitative estimate of drug-likeness (QED) is 0.805. The van der Waals surface area contributed by atoms with Crippen LogP contribution in [-0.2, 0) is 14.6 Å². The zero-order valence-electron chi connectivity index (χ0n) is 13.5. The fourth-order valence-corrected chi connectivity index (χ4v) is 6.27. The van der Waals surface area contributed by atoms with Gasteiger partial charge in [-0.25, -0.2) is 8.42 Å². The lowest BCUT2D eigenvalue weighted by molar-refractivity contribution is -0.156. The fourth-order valence-electron chi connectivity index (χ4n) is 3.33. The van der Waals surface area contributed by atoms with Crippen LogP contribution >= 0.6 is 11.8 Å². The van der Waals surface area contributed by atoms with Crippen molar-refractivity contribution in [2.75, 3.05) is 37.5 Å². The van der Waals surface area contributed by atoms with Crippen LogP contribution in [-0.4, -0.2) is 67.8 Å². The summed E-state index contributed by atoms with van der Waals surface area (Å²) in [5.74, 6) is 1.61. The molecule has 7 heteroatoms. The van der Waals surface area contributed by atoms with Gasteiger partial charge < -0.3 is 10.5 Å². The Balaban J connectivity index is 2.10. The van der Waals surface area contributed by atoms with Gasteiger partial charge in [0.05, 0.1) is 6.10 Å². The molecule has 0 radical (unpaired) electrons. The van der Waals surface area contributed by atoms with Crippen LogP contribution in [0.25, 0.3) is 0 Å². The van der Waals surface area contributed by atoms with Gasteiger partial charge in [-0.3, -0.25) is 4.90 Å². The lowest BCUT2D eigenvalue weighted by Gasteiger charge is -2.61. The van der Waals surface area contributed by atoms with Crippen LogP contribution < -0.4 is 5.73 Å². The van der Waals surface area contributed by atoms with Gasteiger partial charge in [0.2, 0.25) is 0 Å². The van der Waals surface area contributed by atoms with Gasteiger partial charge >= 0.3 is 0 Å². The highest BCUT2D eigenvalue weighted by atomic mass is 32.2. The molecule has 1 aliphatic carbocycles. The van der Waals surface area contributed by atoms with Crippen LogP contribution in [0.1, 0.15) is 27.2 Å². The van der Waals surface area contributed by atoms with E-state index in [1.807, 2.05) is 6.92 Å². The van der Waals surface area contributed by atoms with E-state index in [2.05, 4.69) is 18.7 Å². The number of thioether (sulfide) groups is 1. The van der Waals surface area contributed by atoms with E-state index in [0.717, 1.165) is 18.7 Å². The minimum Gasteiger partial charge on any atom is -0.378 e. The molecule has 3 atom stereocenters. The monoisotopic (exact) mass is 336 g/mol. The SMILES string of the molecule is CCOC1CC(N)(CN2CCSCC2S(C)(=O)=O)C1(C)C. The second-order valence-corrected chi connectivity index (χ2v) is 10.2. The molecule has 1 heterocycles. The van der Waals surface area contributed by atoms with Crippen molar-refractivity contribution >= 4 is 21.6 Å². The lowest BCUT2D eigenvalue weighted by atomic mass is 9.54. The van der Waals surface area contributed by atoms with Gasteiger partial charge in [0.1, 0.15) is 5.37 Å². The summed E-state index contributed by atoms with van der Waals surface area (Å²) in [5, 5.41) is -0.404. The van der Waals surface area contributed by atoms with Gasteiger partial charge in [-0.15, -0.1) is 0 Å². The molecule has 2 N–H and O–H groups in total. The number of sulfone groups is 1. The van der Waals surface area contributed by atoms with Crippen LogP contribution in [0.4, 0.5) is 0 Å². The fraction of sp³-hybridized carbons (Fsp3) is 1.00. The molecular weight excluding hydrogens is 308 g/mol. The molecule has 0 aromatic heterocycles. The molecule has 0 aromatic rings. The summed E-state index contributed by atoms with van der Waals surface area (Å²) < 4.78 is 29.7. The summed E-state index contributed by atoms with van der Waals surface area (Å²) in [6.45, 7) is 8.36. The van der Waals surface area contributed by atoms with E-state index in [9.17, 15) is 8.42 Å². The first-order valence-electron chi connectivity index (χ1n) is 7.53. The number of nitrogens with zero attached hydrogens (tertiary/aromatic N) is 1. The number of ether oxygens (including phenoxy) is 1. The zero-order chi connectivity index (χ0) is 15.9. The smallest absolute Gasteiger partial charge is 0.164 e. The maximum Gasteiger partial charge on any atom is 0.164 e. The first-order chi connectivity index (χ1) is 9.62. The van der Waals surface area contributed by atoms with E-state index < -0.39 is 15.2 Å². The Kier molecular flexibility index (Phi) is 5.01. The molecule has 2 rings (SSSR count). The third-order valence-electron chi connectivity index (χ3n) is 5.18. The summed E-state index contributed by atoms with van der Waals surface area (Å²) in [7, 11) is -3.07. The van der Waals surface area contributed by atoms with Crippen molar-refractivity contribution < 1.29 is 13.2 Å². The van der Waals surface area contributed by atoms with Gasteiger partial charge in [-0.2, -0.15) is 11.8 Å². The highest BCUT2D eigenvalue weighted by Crippen LogP contribution is 2.50. The Morgan fingerprint density at radius 1 is 1.43 bits per heavy atom. The number of hydrogen-bond acceptors (Lipinski definition) is 6. The molecule has 21 heavy (non-hydrogen) atoms. The highest BCUT2D eigenvalue weighted by Gasteiger charge is 2.59. The third-order valence-corrected chi connectivity index (χ3v) is 7.86. The van der Waals surface area contributed by atoms with Gasteiger partial charge in [-0.1, -0.05) is 13.8 Å². The molecule has 1 saturated carbocycles. The predicted octanol–water partition coefficient (Wildman–Crippen LogP) is 0.938. The average Bonchev–Trinajstić information content (AvgIpc) is 2.38. The van der Waals surface area contributed by atoms with Gasteiger partial charge in [0.15, 0.2) is 9.84 Å². The molecular formula is C14H28N2O3S2. The maximum absolute atomic E-state index is 12.0. The van der Waals surface area contributed by atoms with Crippen molar-refractivity contribution in [2.45, 2.75) is 44.2 Å². The Morgan fingerprint density at radius 2 is 2.10 bits per heavy atom. The molecule has 5 nitrogen and oxygen atoms in total. The Bertz CT molecular complexity index is 481. The second kappa shape index (κ2) is 6.00. The van der Waals surface area contributed by atoms with Crippen molar-refractivity contribution in [1.82, 2.24) is 4.90 Å². The maximum atomic E-state index is 12.0. The van der Waals surface area contributed by atoms with Crippen molar-refractivity contribution in [3.8, 4) is 0 Å². The average molecular weight is 337 g/mol.